The van der Waals surface area contributed by atoms with Crippen molar-refractivity contribution in [1.82, 2.24) is 15.2 Å². The summed E-state index contributed by atoms with van der Waals surface area (Å²) < 4.78 is 5.01. The monoisotopic (exact) mass is 310 g/mol. The number of nitrogens with one attached hydrogen (secondary N) is 1. The zero-order valence-corrected chi connectivity index (χ0v) is 13.7. The van der Waals surface area contributed by atoms with Crippen LogP contribution in [-0.2, 0) is 17.6 Å². The Kier molecular flexibility index (Phi) is 8.57. The summed E-state index contributed by atoms with van der Waals surface area (Å²) in [6, 6.07) is 1.84. The topological polar surface area (TPSA) is 80.5 Å². The van der Waals surface area contributed by atoms with Crippen molar-refractivity contribution in [3.8, 4) is 0 Å². The maximum absolute atomic E-state index is 11.0. The van der Waals surface area contributed by atoms with E-state index in [0.717, 1.165) is 38.2 Å². The number of ether oxygens (including phenoxy) is 1. The summed E-state index contributed by atoms with van der Waals surface area (Å²) in [5.74, 6) is 0. The third kappa shape index (κ3) is 6.46. The van der Waals surface area contributed by atoms with Gasteiger partial charge in [-0.3, -0.25) is 15.1 Å². The zero-order chi connectivity index (χ0) is 16.4. The fourth-order valence-corrected chi connectivity index (χ4v) is 2.20. The second kappa shape index (κ2) is 10.2. The number of nitro groups is 1. The Morgan fingerprint density at radius 2 is 2.18 bits per heavy atom. The fraction of sp³-hybridized carbons (Fsp3) is 0.667. The van der Waals surface area contributed by atoms with Crippen LogP contribution in [0.15, 0.2) is 12.3 Å². The van der Waals surface area contributed by atoms with E-state index in [1.807, 2.05) is 13.1 Å². The normalized spacial score (nSPS) is 11.1. The van der Waals surface area contributed by atoms with Gasteiger partial charge in [0.15, 0.2) is 0 Å². The first kappa shape index (κ1) is 18.5. The fourth-order valence-electron chi connectivity index (χ4n) is 2.20. The van der Waals surface area contributed by atoms with Gasteiger partial charge in [-0.15, -0.1) is 0 Å². The van der Waals surface area contributed by atoms with Gasteiger partial charge in [0.05, 0.1) is 11.5 Å². The first-order chi connectivity index (χ1) is 10.6. The summed E-state index contributed by atoms with van der Waals surface area (Å²) in [4.78, 5) is 17.1. The Morgan fingerprint density at radius 3 is 2.82 bits per heavy atom. The molecule has 1 aromatic heterocycles. The molecule has 0 radical (unpaired) electrons. The lowest BCUT2D eigenvalue weighted by Crippen LogP contribution is -2.28. The highest BCUT2D eigenvalue weighted by molar-refractivity contribution is 5.39. The Morgan fingerprint density at radius 1 is 1.41 bits per heavy atom. The minimum Gasteiger partial charge on any atom is -0.384 e. The minimum atomic E-state index is -0.382. The Balaban J connectivity index is 2.58. The Hall–Kier alpha value is -1.57. The summed E-state index contributed by atoms with van der Waals surface area (Å²) in [6.07, 6.45) is 3.70. The van der Waals surface area contributed by atoms with Gasteiger partial charge in [-0.2, -0.15) is 0 Å². The van der Waals surface area contributed by atoms with Gasteiger partial charge < -0.3 is 15.0 Å². The SMILES string of the molecule is CNCCN(C)CCCc1cc(CCOC)c([N+](=O)[O-])cn1. The number of aromatic nitrogens is 1. The van der Waals surface area contributed by atoms with Gasteiger partial charge >= 0.3 is 0 Å². The van der Waals surface area contributed by atoms with Crippen LogP contribution >= 0.6 is 0 Å². The van der Waals surface area contributed by atoms with Crippen LogP contribution < -0.4 is 5.32 Å². The standard InChI is InChI=1S/C15H26N4O3/c1-16-7-9-18(2)8-4-5-14-11-13(6-10-22-3)15(12-17-14)19(20)21/h11-12,16H,4-10H2,1-3H3. The number of hydrogen-bond donors (Lipinski definition) is 1. The molecule has 22 heavy (non-hydrogen) atoms. The maximum Gasteiger partial charge on any atom is 0.290 e. The lowest BCUT2D eigenvalue weighted by molar-refractivity contribution is -0.385. The molecule has 0 aromatic carbocycles. The number of rotatable bonds is 11. The number of hydrogen-bond acceptors (Lipinski definition) is 6. The van der Waals surface area contributed by atoms with Crippen molar-refractivity contribution in [3.63, 3.8) is 0 Å². The van der Waals surface area contributed by atoms with Crippen molar-refractivity contribution in [2.75, 3.05) is 47.4 Å². The van der Waals surface area contributed by atoms with Crippen LogP contribution in [0.2, 0.25) is 0 Å². The predicted octanol–water partition coefficient (Wildman–Crippen LogP) is 1.26. The predicted molar refractivity (Wildman–Crippen MR) is 86.2 cm³/mol. The molecule has 0 bridgehead atoms. The molecule has 1 heterocycles. The third-order valence-corrected chi connectivity index (χ3v) is 3.51. The average molecular weight is 310 g/mol. The summed E-state index contributed by atoms with van der Waals surface area (Å²) in [6.45, 7) is 3.42. The molecule has 1 rings (SSSR count). The van der Waals surface area contributed by atoms with Crippen molar-refractivity contribution in [2.45, 2.75) is 19.3 Å². The molecule has 0 fully saturated rings. The van der Waals surface area contributed by atoms with Gasteiger partial charge in [-0.25, -0.2) is 0 Å². The second-order valence-corrected chi connectivity index (χ2v) is 5.31. The van der Waals surface area contributed by atoms with E-state index in [9.17, 15) is 10.1 Å². The largest absolute Gasteiger partial charge is 0.384 e. The maximum atomic E-state index is 11.0. The van der Waals surface area contributed by atoms with Crippen molar-refractivity contribution < 1.29 is 9.66 Å². The van der Waals surface area contributed by atoms with Crippen LogP contribution in [0, 0.1) is 10.1 Å². The second-order valence-electron chi connectivity index (χ2n) is 5.31. The van der Waals surface area contributed by atoms with Crippen LogP contribution in [0.25, 0.3) is 0 Å². The number of likely N-dealkylation sites (N-methyl/N-ethyl adjacent to an activating group) is 2. The minimum absolute atomic E-state index is 0.0759. The van der Waals surface area contributed by atoms with E-state index in [1.54, 1.807) is 7.11 Å². The molecule has 0 saturated carbocycles. The number of pyridine rings is 1. The van der Waals surface area contributed by atoms with E-state index in [0.29, 0.717) is 18.6 Å². The molecule has 7 nitrogen and oxygen atoms in total. The molecule has 124 valence electrons. The quantitative estimate of drug-likeness (QED) is 0.489. The summed E-state index contributed by atoms with van der Waals surface area (Å²) >= 11 is 0. The van der Waals surface area contributed by atoms with Crippen LogP contribution in [0.1, 0.15) is 17.7 Å². The van der Waals surface area contributed by atoms with Crippen LogP contribution in [-0.4, -0.2) is 62.3 Å². The molecule has 1 N–H and O–H groups in total. The summed E-state index contributed by atoms with van der Waals surface area (Å²) in [5, 5.41) is 14.1. The molecule has 0 aliphatic heterocycles. The smallest absolute Gasteiger partial charge is 0.290 e. The first-order valence-corrected chi connectivity index (χ1v) is 7.52. The lowest BCUT2D eigenvalue weighted by atomic mass is 10.1. The Bertz CT molecular complexity index is 468. The van der Waals surface area contributed by atoms with E-state index in [-0.39, 0.29) is 10.6 Å². The van der Waals surface area contributed by atoms with E-state index >= 15 is 0 Å². The van der Waals surface area contributed by atoms with Crippen LogP contribution in [0.5, 0.6) is 0 Å². The number of aryl methyl sites for hydroxylation is 1. The zero-order valence-electron chi connectivity index (χ0n) is 13.7. The molecule has 0 saturated heterocycles. The van der Waals surface area contributed by atoms with Gasteiger partial charge in [0.1, 0.15) is 6.20 Å². The van der Waals surface area contributed by atoms with Crippen molar-refractivity contribution in [2.24, 2.45) is 0 Å². The summed E-state index contributed by atoms with van der Waals surface area (Å²) in [7, 11) is 5.62. The van der Waals surface area contributed by atoms with Crippen molar-refractivity contribution in [3.05, 3.63) is 33.6 Å². The highest BCUT2D eigenvalue weighted by Crippen LogP contribution is 2.19. The highest BCUT2D eigenvalue weighted by atomic mass is 16.6. The molecule has 0 aliphatic rings. The number of nitrogens with zero attached hydrogens (tertiary/aromatic N) is 3. The molecule has 7 heteroatoms. The Labute approximate surface area is 131 Å². The van der Waals surface area contributed by atoms with E-state index < -0.39 is 0 Å². The van der Waals surface area contributed by atoms with Gasteiger partial charge in [0, 0.05) is 37.9 Å². The van der Waals surface area contributed by atoms with Gasteiger partial charge in [-0.1, -0.05) is 0 Å². The van der Waals surface area contributed by atoms with E-state index in [2.05, 4.69) is 22.2 Å². The average Bonchev–Trinajstić information content (AvgIpc) is 2.50. The van der Waals surface area contributed by atoms with Gasteiger partial charge in [0.25, 0.3) is 5.69 Å². The first-order valence-electron chi connectivity index (χ1n) is 7.52. The molecule has 0 atom stereocenters. The summed E-state index contributed by atoms with van der Waals surface area (Å²) in [5.41, 5.74) is 1.67. The lowest BCUT2D eigenvalue weighted by Gasteiger charge is -2.15. The van der Waals surface area contributed by atoms with Crippen LogP contribution in [0.3, 0.4) is 0 Å². The van der Waals surface area contributed by atoms with Crippen molar-refractivity contribution in [1.29, 1.82) is 0 Å². The number of methoxy groups -OCH3 is 1. The molecular formula is C15H26N4O3. The highest BCUT2D eigenvalue weighted by Gasteiger charge is 2.15. The molecule has 1 aromatic rings. The molecule has 0 spiro atoms. The van der Waals surface area contributed by atoms with Crippen molar-refractivity contribution >= 4 is 5.69 Å². The van der Waals surface area contributed by atoms with Crippen LogP contribution in [0.4, 0.5) is 5.69 Å². The van der Waals surface area contributed by atoms with E-state index in [4.69, 9.17) is 4.74 Å². The molecule has 0 unspecified atom stereocenters. The third-order valence-electron chi connectivity index (χ3n) is 3.51. The molecule has 0 aliphatic carbocycles. The van der Waals surface area contributed by atoms with Gasteiger partial charge in [0.2, 0.25) is 0 Å². The van der Waals surface area contributed by atoms with Gasteiger partial charge in [-0.05, 0) is 39.5 Å². The molecule has 0 amide bonds. The molecular weight excluding hydrogens is 284 g/mol. The van der Waals surface area contributed by atoms with E-state index in [1.165, 1.54) is 6.20 Å².